The third-order valence-electron chi connectivity index (χ3n) is 3.43. The Labute approximate surface area is 130 Å². The molecule has 1 aromatic carbocycles. The molecule has 23 heavy (non-hydrogen) atoms. The summed E-state index contributed by atoms with van der Waals surface area (Å²) in [5.74, 6) is -0.179. The molecule has 0 radical (unpaired) electrons. The molecule has 2 heterocycles. The Balaban J connectivity index is 2.01. The molecule has 0 bridgehead atoms. The number of benzene rings is 1. The molecule has 3 aromatic rings. The van der Waals surface area contributed by atoms with Crippen LogP contribution in [0.25, 0.3) is 5.78 Å². The second-order valence-corrected chi connectivity index (χ2v) is 5.34. The fourth-order valence-corrected chi connectivity index (χ4v) is 2.22. The molecule has 0 saturated carbocycles. The lowest BCUT2D eigenvalue weighted by atomic mass is 10.1. The van der Waals surface area contributed by atoms with Crippen molar-refractivity contribution in [2.24, 2.45) is 0 Å². The molecule has 0 unspecified atom stereocenters. The molecule has 7 nitrogen and oxygen atoms in total. The lowest BCUT2D eigenvalue weighted by Gasteiger charge is -2.04. The minimum Gasteiger partial charge on any atom is -0.294 e. The first-order valence-electron chi connectivity index (χ1n) is 7.04. The van der Waals surface area contributed by atoms with Crippen molar-refractivity contribution in [3.05, 3.63) is 73.6 Å². The molecule has 1 N–H and O–H groups in total. The van der Waals surface area contributed by atoms with E-state index in [1.807, 2.05) is 19.1 Å². The molecule has 0 aliphatic heterocycles. The van der Waals surface area contributed by atoms with Crippen LogP contribution in [0.15, 0.2) is 39.9 Å². The fraction of sp³-hybridized carbons (Fsp3) is 0.188. The molecule has 0 fully saturated rings. The number of aromatic nitrogens is 4. The number of hydrogen-bond acceptors (Lipinski definition) is 5. The van der Waals surface area contributed by atoms with E-state index >= 15 is 0 Å². The molecule has 116 valence electrons. The summed E-state index contributed by atoms with van der Waals surface area (Å²) < 4.78 is 0.992. The quantitative estimate of drug-likeness (QED) is 0.722. The number of aromatic amines is 1. The highest BCUT2D eigenvalue weighted by Gasteiger charge is 2.13. The van der Waals surface area contributed by atoms with Gasteiger partial charge in [-0.2, -0.15) is 9.61 Å². The normalized spacial score (nSPS) is 10.9. The zero-order valence-electron chi connectivity index (χ0n) is 12.7. The first kappa shape index (κ1) is 14.8. The van der Waals surface area contributed by atoms with Crippen LogP contribution in [0, 0.1) is 13.8 Å². The number of nitrogens with zero attached hydrogens (tertiary/aromatic N) is 3. The van der Waals surface area contributed by atoms with Gasteiger partial charge in [0.2, 0.25) is 5.78 Å². The van der Waals surface area contributed by atoms with Crippen molar-refractivity contribution in [3.63, 3.8) is 0 Å². The molecule has 0 atom stereocenters. The molecule has 0 aliphatic rings. The van der Waals surface area contributed by atoms with E-state index in [9.17, 15) is 14.4 Å². The van der Waals surface area contributed by atoms with Crippen LogP contribution < -0.4 is 11.1 Å². The molecule has 0 spiro atoms. The summed E-state index contributed by atoms with van der Waals surface area (Å²) in [6.45, 7) is 3.57. The molecule has 3 rings (SSSR count). The highest BCUT2D eigenvalue weighted by Crippen LogP contribution is 2.06. The Kier molecular flexibility index (Phi) is 3.61. The number of nitrogens with one attached hydrogen (secondary N) is 1. The van der Waals surface area contributed by atoms with Crippen LogP contribution >= 0.6 is 0 Å². The number of aryl methyl sites for hydroxylation is 2. The van der Waals surface area contributed by atoms with Crippen molar-refractivity contribution in [3.8, 4) is 0 Å². The summed E-state index contributed by atoms with van der Waals surface area (Å²) >= 11 is 0. The largest absolute Gasteiger partial charge is 0.294 e. The van der Waals surface area contributed by atoms with Crippen molar-refractivity contribution in [1.82, 2.24) is 19.6 Å². The maximum Gasteiger partial charge on any atom is 0.275 e. The van der Waals surface area contributed by atoms with Crippen LogP contribution in [0.4, 0.5) is 0 Å². The van der Waals surface area contributed by atoms with Gasteiger partial charge in [-0.3, -0.25) is 19.4 Å². The summed E-state index contributed by atoms with van der Waals surface area (Å²) in [6.07, 6.45) is -0.186. The number of rotatable bonds is 3. The summed E-state index contributed by atoms with van der Waals surface area (Å²) in [5.41, 5.74) is 1.06. The molecule has 0 amide bonds. The number of Topliss-reactive ketones (excluding diaryl/α,β-unsaturated/α-hetero) is 1. The van der Waals surface area contributed by atoms with E-state index in [1.54, 1.807) is 19.1 Å². The first-order valence-corrected chi connectivity index (χ1v) is 7.04. The van der Waals surface area contributed by atoms with Crippen LogP contribution in [-0.4, -0.2) is 25.4 Å². The van der Waals surface area contributed by atoms with E-state index in [4.69, 9.17) is 0 Å². The Morgan fingerprint density at radius 1 is 1.17 bits per heavy atom. The highest BCUT2D eigenvalue weighted by atomic mass is 16.1. The average molecular weight is 310 g/mol. The summed E-state index contributed by atoms with van der Waals surface area (Å²) in [6, 6.07) is 8.35. The van der Waals surface area contributed by atoms with E-state index in [0.29, 0.717) is 11.3 Å². The van der Waals surface area contributed by atoms with Crippen molar-refractivity contribution in [2.45, 2.75) is 20.3 Å². The predicted molar refractivity (Wildman–Crippen MR) is 83.8 cm³/mol. The molecule has 2 aromatic heterocycles. The average Bonchev–Trinajstić information content (AvgIpc) is 2.49. The van der Waals surface area contributed by atoms with E-state index in [2.05, 4.69) is 15.1 Å². The minimum atomic E-state index is -0.525. The number of ketones is 1. The van der Waals surface area contributed by atoms with Crippen molar-refractivity contribution in [1.29, 1.82) is 0 Å². The van der Waals surface area contributed by atoms with Gasteiger partial charge in [-0.15, -0.1) is 0 Å². The monoisotopic (exact) mass is 310 g/mol. The van der Waals surface area contributed by atoms with Gasteiger partial charge in [0.1, 0.15) is 5.69 Å². The smallest absolute Gasteiger partial charge is 0.275 e. The Morgan fingerprint density at radius 2 is 1.87 bits per heavy atom. The van der Waals surface area contributed by atoms with Crippen molar-refractivity contribution >= 4 is 11.6 Å². The Morgan fingerprint density at radius 3 is 2.57 bits per heavy atom. The van der Waals surface area contributed by atoms with Crippen molar-refractivity contribution < 1.29 is 4.79 Å². The number of carbonyl (C=O) groups excluding carboxylic acids is 1. The first-order chi connectivity index (χ1) is 10.9. The van der Waals surface area contributed by atoms with E-state index in [-0.39, 0.29) is 23.7 Å². The standard InChI is InChI=1S/C16H14N4O3/c1-9-3-5-11(6-4-9)13(21)8-12-15(23)18-16-17-10(2)7-14(22)20(16)19-12/h3-7H,8H2,1-2H3,(H,17,18,23). The van der Waals surface area contributed by atoms with E-state index in [0.717, 1.165) is 10.1 Å². The van der Waals surface area contributed by atoms with Crippen LogP contribution in [0.2, 0.25) is 0 Å². The lowest BCUT2D eigenvalue weighted by Crippen LogP contribution is -2.28. The highest BCUT2D eigenvalue weighted by molar-refractivity contribution is 5.97. The number of fused-ring (bicyclic) bond motifs is 1. The molecular formula is C16H14N4O3. The maximum absolute atomic E-state index is 12.3. The summed E-state index contributed by atoms with van der Waals surface area (Å²) in [5, 5.41) is 3.98. The predicted octanol–water partition coefficient (Wildman–Crippen LogP) is 0.820. The van der Waals surface area contributed by atoms with Gasteiger partial charge in [-0.1, -0.05) is 29.8 Å². The summed E-state index contributed by atoms with van der Waals surface area (Å²) in [4.78, 5) is 42.8. The van der Waals surface area contributed by atoms with Crippen molar-refractivity contribution in [2.75, 3.05) is 0 Å². The minimum absolute atomic E-state index is 0.0178. The SMILES string of the molecule is Cc1ccc(C(=O)Cc2nn3c(=O)cc(C)nc3[nH]c2=O)cc1. The molecule has 0 saturated heterocycles. The number of H-pyrrole nitrogens is 1. The van der Waals surface area contributed by atoms with Crippen LogP contribution in [0.5, 0.6) is 0 Å². The van der Waals surface area contributed by atoms with Crippen LogP contribution in [0.3, 0.4) is 0 Å². The zero-order chi connectivity index (χ0) is 16.6. The third-order valence-corrected chi connectivity index (χ3v) is 3.43. The van der Waals surface area contributed by atoms with Crippen LogP contribution in [0.1, 0.15) is 27.3 Å². The lowest BCUT2D eigenvalue weighted by molar-refractivity contribution is 0.0991. The van der Waals surface area contributed by atoms with Gasteiger partial charge in [0, 0.05) is 17.3 Å². The molecule has 7 heteroatoms. The van der Waals surface area contributed by atoms with Crippen LogP contribution in [-0.2, 0) is 6.42 Å². The zero-order valence-corrected chi connectivity index (χ0v) is 12.7. The maximum atomic E-state index is 12.3. The van der Waals surface area contributed by atoms with Gasteiger partial charge in [-0.05, 0) is 13.8 Å². The topological polar surface area (TPSA) is 97.2 Å². The van der Waals surface area contributed by atoms with Gasteiger partial charge < -0.3 is 0 Å². The molecule has 0 aliphatic carbocycles. The Hall–Kier alpha value is -3.09. The number of carbonyl (C=O) groups is 1. The molecular weight excluding hydrogens is 296 g/mol. The fourth-order valence-electron chi connectivity index (χ4n) is 2.22. The number of hydrogen-bond donors (Lipinski definition) is 1. The van der Waals surface area contributed by atoms with Gasteiger partial charge in [0.15, 0.2) is 5.78 Å². The second kappa shape index (κ2) is 5.60. The van der Waals surface area contributed by atoms with Gasteiger partial charge in [-0.25, -0.2) is 4.98 Å². The van der Waals surface area contributed by atoms with Gasteiger partial charge in [0.25, 0.3) is 11.1 Å². The van der Waals surface area contributed by atoms with E-state index < -0.39 is 11.1 Å². The van der Waals surface area contributed by atoms with Gasteiger partial charge in [0.05, 0.1) is 6.42 Å². The Bertz CT molecular complexity index is 1020. The van der Waals surface area contributed by atoms with E-state index in [1.165, 1.54) is 6.07 Å². The third kappa shape index (κ3) is 2.94. The second-order valence-electron chi connectivity index (χ2n) is 5.34. The summed E-state index contributed by atoms with van der Waals surface area (Å²) in [7, 11) is 0. The van der Waals surface area contributed by atoms with Gasteiger partial charge >= 0.3 is 0 Å².